The van der Waals surface area contributed by atoms with Gasteiger partial charge in [-0.3, -0.25) is 9.59 Å². The summed E-state index contributed by atoms with van der Waals surface area (Å²) in [5.41, 5.74) is 3.31. The van der Waals surface area contributed by atoms with Crippen LogP contribution in [0.2, 0.25) is 0 Å². The molecule has 1 aliphatic heterocycles. The lowest BCUT2D eigenvalue weighted by molar-refractivity contribution is -0.118. The Labute approximate surface area is 135 Å². The number of fused-ring (bicyclic) bond motifs is 1. The highest BCUT2D eigenvalue weighted by atomic mass is 16.3. The van der Waals surface area contributed by atoms with Crippen molar-refractivity contribution in [2.45, 2.75) is 33.6 Å². The van der Waals surface area contributed by atoms with Crippen LogP contribution in [-0.4, -0.2) is 18.4 Å². The number of rotatable bonds is 3. The predicted octanol–water partition coefficient (Wildman–Crippen LogP) is 3.45. The van der Waals surface area contributed by atoms with Crippen molar-refractivity contribution in [1.29, 1.82) is 0 Å². The van der Waals surface area contributed by atoms with E-state index in [9.17, 15) is 9.59 Å². The molecule has 0 saturated heterocycles. The zero-order chi connectivity index (χ0) is 16.6. The summed E-state index contributed by atoms with van der Waals surface area (Å²) in [6.07, 6.45) is 1.22. The van der Waals surface area contributed by atoms with Gasteiger partial charge in [-0.2, -0.15) is 0 Å². The number of nitrogens with one attached hydrogen (secondary N) is 1. The Bertz CT molecular complexity index is 777. The predicted molar refractivity (Wildman–Crippen MR) is 88.9 cm³/mol. The van der Waals surface area contributed by atoms with Crippen LogP contribution in [0.25, 0.3) is 0 Å². The van der Waals surface area contributed by atoms with Crippen LogP contribution in [0.15, 0.2) is 28.7 Å². The third-order valence-electron chi connectivity index (χ3n) is 4.14. The first-order chi connectivity index (χ1) is 11.0. The van der Waals surface area contributed by atoms with Crippen molar-refractivity contribution in [3.8, 4) is 0 Å². The van der Waals surface area contributed by atoms with Crippen molar-refractivity contribution in [2.75, 3.05) is 16.8 Å². The van der Waals surface area contributed by atoms with E-state index >= 15 is 0 Å². The molecule has 2 heterocycles. The fraction of sp³-hybridized carbons (Fsp3) is 0.333. The van der Waals surface area contributed by atoms with Gasteiger partial charge in [0.25, 0.3) is 5.91 Å². The molecule has 5 nitrogen and oxygen atoms in total. The minimum atomic E-state index is -0.182. The molecule has 1 aromatic heterocycles. The molecule has 0 saturated carbocycles. The first kappa shape index (κ1) is 15.3. The molecule has 0 bridgehead atoms. The van der Waals surface area contributed by atoms with Crippen molar-refractivity contribution < 1.29 is 14.0 Å². The number of hydrogen-bond acceptors (Lipinski definition) is 3. The number of carbonyl (C=O) groups excluding carboxylic acids is 2. The first-order valence-corrected chi connectivity index (χ1v) is 7.81. The molecule has 23 heavy (non-hydrogen) atoms. The van der Waals surface area contributed by atoms with Gasteiger partial charge in [0.05, 0.1) is 5.56 Å². The summed E-state index contributed by atoms with van der Waals surface area (Å²) in [4.78, 5) is 26.1. The topological polar surface area (TPSA) is 62.6 Å². The normalized spacial score (nSPS) is 13.9. The smallest absolute Gasteiger partial charge is 0.259 e. The van der Waals surface area contributed by atoms with E-state index in [1.54, 1.807) is 17.9 Å². The molecule has 0 spiro atoms. The summed E-state index contributed by atoms with van der Waals surface area (Å²) in [7, 11) is 0. The molecule has 120 valence electrons. The minimum Gasteiger partial charge on any atom is -0.466 e. The fourth-order valence-corrected chi connectivity index (χ4v) is 3.04. The second-order valence-electron chi connectivity index (χ2n) is 5.76. The average Bonchev–Trinajstić information content (AvgIpc) is 2.86. The van der Waals surface area contributed by atoms with E-state index in [4.69, 9.17) is 4.42 Å². The summed E-state index contributed by atoms with van der Waals surface area (Å²) >= 11 is 0. The maximum Gasteiger partial charge on any atom is 0.259 e. The Balaban J connectivity index is 1.84. The van der Waals surface area contributed by atoms with Gasteiger partial charge in [0.1, 0.15) is 11.5 Å². The van der Waals surface area contributed by atoms with E-state index in [1.165, 1.54) is 0 Å². The van der Waals surface area contributed by atoms with E-state index in [2.05, 4.69) is 5.32 Å². The molecular formula is C18H20N2O3. The standard InChI is InChI=1S/C18H20N2O3/c1-4-20-16-7-6-14(10-13(16)5-8-17(20)21)19-18(22)15-9-11(2)23-12(15)3/h6-7,9-10H,4-5,8H2,1-3H3,(H,19,22). The number of anilines is 2. The van der Waals surface area contributed by atoms with Crippen LogP contribution in [0.4, 0.5) is 11.4 Å². The highest BCUT2D eigenvalue weighted by Gasteiger charge is 2.23. The van der Waals surface area contributed by atoms with Gasteiger partial charge in [-0.1, -0.05) is 0 Å². The Morgan fingerprint density at radius 1 is 1.26 bits per heavy atom. The SMILES string of the molecule is CCN1C(=O)CCc2cc(NC(=O)c3cc(C)oc3C)ccc21. The quantitative estimate of drug-likeness (QED) is 0.944. The lowest BCUT2D eigenvalue weighted by Crippen LogP contribution is -2.34. The van der Waals surface area contributed by atoms with Crippen LogP contribution in [0, 0.1) is 13.8 Å². The first-order valence-electron chi connectivity index (χ1n) is 7.81. The largest absolute Gasteiger partial charge is 0.466 e. The summed E-state index contributed by atoms with van der Waals surface area (Å²) in [6, 6.07) is 7.42. The average molecular weight is 312 g/mol. The van der Waals surface area contributed by atoms with E-state index in [0.29, 0.717) is 30.7 Å². The summed E-state index contributed by atoms with van der Waals surface area (Å²) < 4.78 is 5.40. The van der Waals surface area contributed by atoms with Crippen molar-refractivity contribution in [3.63, 3.8) is 0 Å². The minimum absolute atomic E-state index is 0.154. The molecule has 1 aliphatic rings. The molecule has 5 heteroatoms. The van der Waals surface area contributed by atoms with Crippen LogP contribution in [-0.2, 0) is 11.2 Å². The van der Waals surface area contributed by atoms with Gasteiger partial charge in [-0.15, -0.1) is 0 Å². The third kappa shape index (κ3) is 2.86. The Morgan fingerprint density at radius 2 is 2.04 bits per heavy atom. The third-order valence-corrected chi connectivity index (χ3v) is 4.14. The zero-order valence-corrected chi connectivity index (χ0v) is 13.6. The summed E-state index contributed by atoms with van der Waals surface area (Å²) in [5.74, 6) is 1.30. The number of aryl methyl sites for hydroxylation is 3. The zero-order valence-electron chi connectivity index (χ0n) is 13.6. The number of benzene rings is 1. The van der Waals surface area contributed by atoms with Crippen LogP contribution >= 0.6 is 0 Å². The van der Waals surface area contributed by atoms with Gasteiger partial charge in [-0.25, -0.2) is 0 Å². The monoisotopic (exact) mass is 312 g/mol. The maximum atomic E-state index is 12.4. The second kappa shape index (κ2) is 5.91. The Kier molecular flexibility index (Phi) is 3.94. The highest BCUT2D eigenvalue weighted by molar-refractivity contribution is 6.05. The van der Waals surface area contributed by atoms with E-state index < -0.39 is 0 Å². The molecule has 0 atom stereocenters. The molecule has 2 aromatic rings. The van der Waals surface area contributed by atoms with Crippen molar-refractivity contribution >= 4 is 23.2 Å². The maximum absolute atomic E-state index is 12.4. The summed E-state index contributed by atoms with van der Waals surface area (Å²) in [5, 5.41) is 2.90. The highest BCUT2D eigenvalue weighted by Crippen LogP contribution is 2.30. The van der Waals surface area contributed by atoms with Gasteiger partial charge < -0.3 is 14.6 Å². The van der Waals surface area contributed by atoms with Gasteiger partial charge in [0.2, 0.25) is 5.91 Å². The van der Waals surface area contributed by atoms with E-state index in [0.717, 1.165) is 22.7 Å². The van der Waals surface area contributed by atoms with Crippen molar-refractivity contribution in [1.82, 2.24) is 0 Å². The molecule has 0 unspecified atom stereocenters. The lowest BCUT2D eigenvalue weighted by Gasteiger charge is -2.28. The molecule has 2 amide bonds. The van der Waals surface area contributed by atoms with Gasteiger partial charge >= 0.3 is 0 Å². The van der Waals surface area contributed by atoms with Crippen molar-refractivity contribution in [2.24, 2.45) is 0 Å². The second-order valence-corrected chi connectivity index (χ2v) is 5.76. The van der Waals surface area contributed by atoms with Gasteiger partial charge in [0, 0.05) is 24.3 Å². The molecule has 3 rings (SSSR count). The van der Waals surface area contributed by atoms with E-state index in [-0.39, 0.29) is 11.8 Å². The Morgan fingerprint density at radius 3 is 2.70 bits per heavy atom. The van der Waals surface area contributed by atoms with Gasteiger partial charge in [-0.05, 0) is 57.0 Å². The molecule has 1 N–H and O–H groups in total. The Hall–Kier alpha value is -2.56. The van der Waals surface area contributed by atoms with Crippen LogP contribution in [0.5, 0.6) is 0 Å². The molecular weight excluding hydrogens is 292 g/mol. The molecule has 0 fully saturated rings. The summed E-state index contributed by atoms with van der Waals surface area (Å²) in [6.45, 7) is 6.22. The molecule has 0 radical (unpaired) electrons. The van der Waals surface area contributed by atoms with Crippen LogP contribution in [0.3, 0.4) is 0 Å². The number of amides is 2. The number of carbonyl (C=O) groups is 2. The number of nitrogens with zero attached hydrogens (tertiary/aromatic N) is 1. The van der Waals surface area contributed by atoms with Crippen molar-refractivity contribution in [3.05, 3.63) is 46.9 Å². The van der Waals surface area contributed by atoms with Gasteiger partial charge in [0.15, 0.2) is 0 Å². The van der Waals surface area contributed by atoms with E-state index in [1.807, 2.05) is 32.0 Å². The molecule has 1 aromatic carbocycles. The molecule has 0 aliphatic carbocycles. The fourth-order valence-electron chi connectivity index (χ4n) is 3.04. The van der Waals surface area contributed by atoms with Crippen LogP contribution in [0.1, 0.15) is 40.8 Å². The number of furan rings is 1. The van der Waals surface area contributed by atoms with Crippen LogP contribution < -0.4 is 10.2 Å². The number of hydrogen-bond donors (Lipinski definition) is 1. The lowest BCUT2D eigenvalue weighted by atomic mass is 10.0.